The summed E-state index contributed by atoms with van der Waals surface area (Å²) in [5.41, 5.74) is 0. The molecule has 2 aliphatic heterocycles. The van der Waals surface area contributed by atoms with Gasteiger partial charge in [0.2, 0.25) is 0 Å². The van der Waals surface area contributed by atoms with Crippen molar-refractivity contribution in [2.45, 2.75) is 12.1 Å². The van der Waals surface area contributed by atoms with E-state index in [9.17, 15) is 0 Å². The van der Waals surface area contributed by atoms with Crippen molar-refractivity contribution in [1.29, 1.82) is 0 Å². The molecule has 0 spiro atoms. The summed E-state index contributed by atoms with van der Waals surface area (Å²) in [5, 5.41) is 7.27. The van der Waals surface area contributed by atoms with Crippen LogP contribution in [0, 0.1) is 0 Å². The van der Waals surface area contributed by atoms with Gasteiger partial charge in [-0.1, -0.05) is 0 Å². The first kappa shape index (κ1) is 5.80. The fourth-order valence-corrected chi connectivity index (χ4v) is 2.80. The molecule has 50 valence electrons. The van der Waals surface area contributed by atoms with Crippen LogP contribution >= 0.6 is 24.0 Å². The Balaban J connectivity index is 2.09. The van der Waals surface area contributed by atoms with E-state index < -0.39 is 0 Å². The fraction of sp³-hybridized carbons (Fsp3) is 0.800. The molecule has 0 aromatic carbocycles. The zero-order valence-corrected chi connectivity index (χ0v) is 6.52. The molecular formula is C5H8N2S2. The predicted molar refractivity (Wildman–Crippen MR) is 43.8 cm³/mol. The van der Waals surface area contributed by atoms with Gasteiger partial charge < -0.3 is 10.6 Å². The molecule has 2 fully saturated rings. The Morgan fingerprint density at radius 2 is 1.89 bits per heavy atom. The van der Waals surface area contributed by atoms with Crippen LogP contribution in [-0.2, 0) is 0 Å². The number of thiocarbonyl (C=S) groups is 1. The maximum absolute atomic E-state index is 4.94. The summed E-state index contributed by atoms with van der Waals surface area (Å²) in [4.78, 5) is 0. The zero-order valence-electron chi connectivity index (χ0n) is 4.89. The second-order valence-electron chi connectivity index (χ2n) is 2.37. The van der Waals surface area contributed by atoms with Crippen molar-refractivity contribution in [2.75, 3.05) is 11.5 Å². The third-order valence-corrected chi connectivity index (χ3v) is 3.14. The summed E-state index contributed by atoms with van der Waals surface area (Å²) >= 11 is 6.93. The van der Waals surface area contributed by atoms with Crippen molar-refractivity contribution < 1.29 is 0 Å². The highest BCUT2D eigenvalue weighted by atomic mass is 32.2. The van der Waals surface area contributed by atoms with Crippen LogP contribution in [-0.4, -0.2) is 28.7 Å². The van der Waals surface area contributed by atoms with Gasteiger partial charge in [-0.3, -0.25) is 0 Å². The molecule has 0 aliphatic carbocycles. The highest BCUT2D eigenvalue weighted by molar-refractivity contribution is 7.99. The van der Waals surface area contributed by atoms with Crippen LogP contribution in [0.3, 0.4) is 0 Å². The molecule has 2 aliphatic rings. The number of hydrogen-bond donors (Lipinski definition) is 2. The van der Waals surface area contributed by atoms with Crippen LogP contribution in [0.4, 0.5) is 0 Å². The van der Waals surface area contributed by atoms with Gasteiger partial charge in [0.15, 0.2) is 5.11 Å². The van der Waals surface area contributed by atoms with Gasteiger partial charge in [0.05, 0.1) is 12.1 Å². The summed E-state index contributed by atoms with van der Waals surface area (Å²) in [7, 11) is 0. The minimum atomic E-state index is 0.613. The summed E-state index contributed by atoms with van der Waals surface area (Å²) in [6, 6.07) is 1.23. The minimum absolute atomic E-state index is 0.613. The monoisotopic (exact) mass is 160 g/mol. The van der Waals surface area contributed by atoms with Gasteiger partial charge in [0.1, 0.15) is 0 Å². The maximum atomic E-state index is 4.94. The van der Waals surface area contributed by atoms with E-state index in [0.29, 0.717) is 12.1 Å². The lowest BCUT2D eigenvalue weighted by Crippen LogP contribution is -2.31. The summed E-state index contributed by atoms with van der Waals surface area (Å²) in [5.74, 6) is 2.41. The van der Waals surface area contributed by atoms with Gasteiger partial charge in [-0.2, -0.15) is 11.8 Å². The van der Waals surface area contributed by atoms with E-state index in [1.807, 2.05) is 11.8 Å². The van der Waals surface area contributed by atoms with Crippen LogP contribution in [0.25, 0.3) is 0 Å². The van der Waals surface area contributed by atoms with Crippen LogP contribution < -0.4 is 10.6 Å². The lowest BCUT2D eigenvalue weighted by molar-refractivity contribution is 0.620. The molecule has 0 aromatic heterocycles. The normalized spacial score (nSPS) is 39.8. The van der Waals surface area contributed by atoms with Gasteiger partial charge >= 0.3 is 0 Å². The largest absolute Gasteiger partial charge is 0.357 e. The summed E-state index contributed by atoms with van der Waals surface area (Å²) in [6.45, 7) is 0. The molecule has 2 rings (SSSR count). The van der Waals surface area contributed by atoms with Crippen molar-refractivity contribution in [3.05, 3.63) is 0 Å². The lowest BCUT2D eigenvalue weighted by Gasteiger charge is -2.03. The van der Waals surface area contributed by atoms with E-state index >= 15 is 0 Å². The molecule has 0 bridgehead atoms. The first-order chi connectivity index (χ1) is 4.36. The van der Waals surface area contributed by atoms with Gasteiger partial charge in [0, 0.05) is 11.5 Å². The average Bonchev–Trinajstić information content (AvgIpc) is 2.22. The SMILES string of the molecule is S=C1N[C@@H]2CSC[C@H]2N1. The smallest absolute Gasteiger partial charge is 0.166 e. The highest BCUT2D eigenvalue weighted by Gasteiger charge is 2.33. The van der Waals surface area contributed by atoms with E-state index in [1.54, 1.807) is 0 Å². The molecule has 2 heterocycles. The number of rotatable bonds is 0. The molecule has 9 heavy (non-hydrogen) atoms. The third kappa shape index (κ3) is 0.901. The molecule has 0 radical (unpaired) electrons. The Labute approximate surface area is 63.8 Å². The topological polar surface area (TPSA) is 24.1 Å². The minimum Gasteiger partial charge on any atom is -0.357 e. The first-order valence-corrected chi connectivity index (χ1v) is 4.57. The standard InChI is InChI=1S/C5H8N2S2/c8-5-6-3-1-9-2-4(3)7-5/h3-4H,1-2H2,(H2,6,7,8)/t3-,4-/m1/s1. The lowest BCUT2D eigenvalue weighted by atomic mass is 10.2. The van der Waals surface area contributed by atoms with E-state index in [2.05, 4.69) is 10.6 Å². The Kier molecular flexibility index (Phi) is 1.30. The molecule has 4 heteroatoms. The predicted octanol–water partition coefficient (Wildman–Crippen LogP) is -0.0519. The molecular weight excluding hydrogens is 152 g/mol. The van der Waals surface area contributed by atoms with E-state index in [1.165, 1.54) is 11.5 Å². The van der Waals surface area contributed by atoms with Crippen molar-refractivity contribution in [2.24, 2.45) is 0 Å². The summed E-state index contributed by atoms with van der Waals surface area (Å²) in [6.07, 6.45) is 0. The van der Waals surface area contributed by atoms with Gasteiger partial charge in [0.25, 0.3) is 0 Å². The van der Waals surface area contributed by atoms with E-state index in [0.717, 1.165) is 5.11 Å². The van der Waals surface area contributed by atoms with Crippen LogP contribution in [0.1, 0.15) is 0 Å². The highest BCUT2D eigenvalue weighted by Crippen LogP contribution is 2.20. The molecule has 0 aromatic rings. The van der Waals surface area contributed by atoms with Crippen molar-refractivity contribution in [3.63, 3.8) is 0 Å². The van der Waals surface area contributed by atoms with Gasteiger partial charge in [-0.15, -0.1) is 0 Å². The van der Waals surface area contributed by atoms with Crippen LogP contribution in [0.5, 0.6) is 0 Å². The van der Waals surface area contributed by atoms with Crippen molar-refractivity contribution in [1.82, 2.24) is 10.6 Å². The number of fused-ring (bicyclic) bond motifs is 1. The third-order valence-electron chi connectivity index (χ3n) is 1.71. The van der Waals surface area contributed by atoms with Gasteiger partial charge in [-0.25, -0.2) is 0 Å². The Hall–Kier alpha value is 0.0400. The average molecular weight is 160 g/mol. The second kappa shape index (κ2) is 2.02. The summed E-state index contributed by atoms with van der Waals surface area (Å²) < 4.78 is 0. The van der Waals surface area contributed by atoms with E-state index in [4.69, 9.17) is 12.2 Å². The van der Waals surface area contributed by atoms with E-state index in [-0.39, 0.29) is 0 Å². The number of thioether (sulfide) groups is 1. The van der Waals surface area contributed by atoms with Crippen LogP contribution in [0.2, 0.25) is 0 Å². The Morgan fingerprint density at radius 1 is 1.33 bits per heavy atom. The van der Waals surface area contributed by atoms with Crippen molar-refractivity contribution >= 4 is 29.1 Å². The molecule has 0 saturated carbocycles. The molecule has 0 unspecified atom stereocenters. The van der Waals surface area contributed by atoms with Crippen molar-refractivity contribution in [3.8, 4) is 0 Å². The Morgan fingerprint density at radius 3 is 2.44 bits per heavy atom. The van der Waals surface area contributed by atoms with Crippen LogP contribution in [0.15, 0.2) is 0 Å². The number of hydrogen-bond acceptors (Lipinski definition) is 2. The second-order valence-corrected chi connectivity index (χ2v) is 3.85. The molecule has 2 saturated heterocycles. The quantitative estimate of drug-likeness (QED) is 0.485. The molecule has 2 N–H and O–H groups in total. The first-order valence-electron chi connectivity index (χ1n) is 3.01. The van der Waals surface area contributed by atoms with Gasteiger partial charge in [-0.05, 0) is 12.2 Å². The Bertz CT molecular complexity index is 134. The molecule has 0 amide bonds. The maximum Gasteiger partial charge on any atom is 0.166 e. The molecule has 2 nitrogen and oxygen atoms in total. The fourth-order valence-electron chi connectivity index (χ4n) is 1.22. The zero-order chi connectivity index (χ0) is 6.27. The number of nitrogens with one attached hydrogen (secondary N) is 2. The molecule has 2 atom stereocenters.